The lowest BCUT2D eigenvalue weighted by Gasteiger charge is -2.37. The fraction of sp³-hybridized carbons (Fsp3) is 0.0400. The van der Waals surface area contributed by atoms with Crippen LogP contribution >= 0.6 is 0 Å². The summed E-state index contributed by atoms with van der Waals surface area (Å²) < 4.78 is 0. The Balaban J connectivity index is 1.29. The van der Waals surface area contributed by atoms with Crippen molar-refractivity contribution in [1.82, 2.24) is 0 Å². The first-order valence-electron chi connectivity index (χ1n) is 17.5. The molecule has 1 aliphatic carbocycles. The number of rotatable bonds is 7. The summed E-state index contributed by atoms with van der Waals surface area (Å²) in [6, 6.07) is 78.1. The summed E-state index contributed by atoms with van der Waals surface area (Å²) in [6.45, 7) is 0. The van der Waals surface area contributed by atoms with Crippen molar-refractivity contribution in [2.75, 3.05) is 0 Å². The third-order valence-corrected chi connectivity index (χ3v) is 10.5. The Morgan fingerprint density at radius 2 is 0.680 bits per heavy atom. The topological polar surface area (TPSA) is 0 Å². The smallest absolute Gasteiger partial charge is 0.0622 e. The number of hydrogen-bond acceptors (Lipinski definition) is 0. The van der Waals surface area contributed by atoms with Crippen LogP contribution in [0.3, 0.4) is 0 Å². The van der Waals surface area contributed by atoms with E-state index >= 15 is 0 Å². The fourth-order valence-electron chi connectivity index (χ4n) is 8.29. The van der Waals surface area contributed by atoms with Crippen LogP contribution in [-0.4, -0.2) is 0 Å². The summed E-state index contributed by atoms with van der Waals surface area (Å²) in [7, 11) is 0. The molecular weight excluding hydrogens is 601 g/mol. The van der Waals surface area contributed by atoms with Gasteiger partial charge in [0.2, 0.25) is 0 Å². The van der Waals surface area contributed by atoms with E-state index in [1.165, 1.54) is 72.3 Å². The van der Waals surface area contributed by atoms with E-state index in [0.29, 0.717) is 0 Å². The van der Waals surface area contributed by atoms with E-state index in [-0.39, 0.29) is 5.92 Å². The SMILES string of the molecule is c1ccc(-c2cc(-c3cccc(C(c4ccccc4)(c4ccccc4)c4ccccc4)c3)cc(C3c4ccccc4-c4ccccc43)c2)cc1. The molecule has 0 heterocycles. The van der Waals surface area contributed by atoms with E-state index in [0.717, 1.165) is 0 Å². The molecule has 0 heteroatoms. The molecule has 1 aliphatic rings. The van der Waals surface area contributed by atoms with Gasteiger partial charge in [0, 0.05) is 5.92 Å². The number of fused-ring (bicyclic) bond motifs is 3. The molecule has 236 valence electrons. The Morgan fingerprint density at radius 3 is 1.20 bits per heavy atom. The Kier molecular flexibility index (Phi) is 7.56. The van der Waals surface area contributed by atoms with Crippen LogP contribution in [0.25, 0.3) is 33.4 Å². The molecule has 0 N–H and O–H groups in total. The molecule has 0 bridgehead atoms. The van der Waals surface area contributed by atoms with Gasteiger partial charge in [-0.3, -0.25) is 0 Å². The summed E-state index contributed by atoms with van der Waals surface area (Å²) in [5, 5.41) is 0. The average molecular weight is 637 g/mol. The zero-order chi connectivity index (χ0) is 33.3. The predicted octanol–water partition coefficient (Wildman–Crippen LogP) is 12.6. The van der Waals surface area contributed by atoms with E-state index in [2.05, 4.69) is 212 Å². The molecule has 0 amide bonds. The summed E-state index contributed by atoms with van der Waals surface area (Å²) >= 11 is 0. The van der Waals surface area contributed by atoms with Crippen molar-refractivity contribution in [2.24, 2.45) is 0 Å². The van der Waals surface area contributed by atoms with E-state index in [4.69, 9.17) is 0 Å². The predicted molar refractivity (Wildman–Crippen MR) is 208 cm³/mol. The lowest BCUT2D eigenvalue weighted by Crippen LogP contribution is -2.31. The highest BCUT2D eigenvalue weighted by molar-refractivity contribution is 5.83. The Labute approximate surface area is 295 Å². The summed E-state index contributed by atoms with van der Waals surface area (Å²) in [6.07, 6.45) is 0. The van der Waals surface area contributed by atoms with Crippen molar-refractivity contribution < 1.29 is 0 Å². The minimum absolute atomic E-state index is 0.157. The van der Waals surface area contributed by atoms with Crippen LogP contribution in [-0.2, 0) is 5.41 Å². The first kappa shape index (κ1) is 29.9. The highest BCUT2D eigenvalue weighted by Gasteiger charge is 2.38. The second-order valence-electron chi connectivity index (χ2n) is 13.2. The standard InChI is InChI=1S/C50H36/c1-5-18-36(19-6-1)38-32-39(34-40(33-38)49-47-30-15-13-28-45(47)46-29-14-16-31-48(46)49)37-20-17-27-44(35-37)50(41-21-7-2-8-22-41,42-23-9-3-10-24-42)43-25-11-4-12-26-43/h1-35,49H. The first-order valence-corrected chi connectivity index (χ1v) is 17.5. The van der Waals surface area contributed by atoms with Crippen LogP contribution in [0, 0.1) is 0 Å². The van der Waals surface area contributed by atoms with Crippen molar-refractivity contribution >= 4 is 0 Å². The monoisotopic (exact) mass is 636 g/mol. The maximum absolute atomic E-state index is 2.43. The number of hydrogen-bond donors (Lipinski definition) is 0. The molecule has 9 rings (SSSR count). The van der Waals surface area contributed by atoms with Gasteiger partial charge in [-0.1, -0.05) is 200 Å². The van der Waals surface area contributed by atoms with Gasteiger partial charge < -0.3 is 0 Å². The van der Waals surface area contributed by atoms with Crippen molar-refractivity contribution in [3.05, 3.63) is 251 Å². The summed E-state index contributed by atoms with van der Waals surface area (Å²) in [4.78, 5) is 0. The third kappa shape index (κ3) is 5.00. The molecule has 0 saturated heterocycles. The van der Waals surface area contributed by atoms with Crippen molar-refractivity contribution in [3.8, 4) is 33.4 Å². The molecule has 50 heavy (non-hydrogen) atoms. The molecule has 0 atom stereocenters. The highest BCUT2D eigenvalue weighted by Crippen LogP contribution is 2.50. The molecule has 0 fully saturated rings. The van der Waals surface area contributed by atoms with E-state index in [1.807, 2.05) is 0 Å². The van der Waals surface area contributed by atoms with Crippen molar-refractivity contribution in [1.29, 1.82) is 0 Å². The maximum atomic E-state index is 2.43. The van der Waals surface area contributed by atoms with Gasteiger partial charge in [-0.2, -0.15) is 0 Å². The van der Waals surface area contributed by atoms with E-state index in [9.17, 15) is 0 Å². The third-order valence-electron chi connectivity index (χ3n) is 10.5. The molecular formula is C50H36. The zero-order valence-corrected chi connectivity index (χ0v) is 27.8. The molecule has 8 aromatic rings. The lowest BCUT2D eigenvalue weighted by molar-refractivity contribution is 0.745. The highest BCUT2D eigenvalue weighted by atomic mass is 14.4. The van der Waals surface area contributed by atoms with Gasteiger partial charge in [-0.25, -0.2) is 0 Å². The molecule has 0 saturated carbocycles. The normalized spacial score (nSPS) is 12.3. The minimum Gasteiger partial charge on any atom is -0.0622 e. The second-order valence-corrected chi connectivity index (χ2v) is 13.2. The molecule has 0 nitrogen and oxygen atoms in total. The molecule has 0 aromatic heterocycles. The Bertz CT molecular complexity index is 2270. The largest absolute Gasteiger partial charge is 0.0701 e. The number of benzene rings is 8. The van der Waals surface area contributed by atoms with E-state index in [1.54, 1.807) is 0 Å². The van der Waals surface area contributed by atoms with Crippen LogP contribution in [0.1, 0.15) is 44.9 Å². The van der Waals surface area contributed by atoms with Gasteiger partial charge in [0.05, 0.1) is 5.41 Å². The molecule has 0 aliphatic heterocycles. The average Bonchev–Trinajstić information content (AvgIpc) is 3.54. The molecule has 0 spiro atoms. The summed E-state index contributed by atoms with van der Waals surface area (Å²) in [5.74, 6) is 0.157. The maximum Gasteiger partial charge on any atom is 0.0701 e. The van der Waals surface area contributed by atoms with Gasteiger partial charge >= 0.3 is 0 Å². The van der Waals surface area contributed by atoms with E-state index < -0.39 is 5.41 Å². The minimum atomic E-state index is -0.511. The molecule has 0 unspecified atom stereocenters. The van der Waals surface area contributed by atoms with Crippen LogP contribution < -0.4 is 0 Å². The molecule has 0 radical (unpaired) electrons. The Hall–Kier alpha value is -6.24. The fourth-order valence-corrected chi connectivity index (χ4v) is 8.29. The van der Waals surface area contributed by atoms with Crippen LogP contribution in [0.2, 0.25) is 0 Å². The van der Waals surface area contributed by atoms with Crippen LogP contribution in [0.4, 0.5) is 0 Å². The van der Waals surface area contributed by atoms with Crippen LogP contribution in [0.15, 0.2) is 212 Å². The van der Waals surface area contributed by atoms with Crippen LogP contribution in [0.5, 0.6) is 0 Å². The lowest BCUT2D eigenvalue weighted by atomic mass is 9.65. The van der Waals surface area contributed by atoms with Crippen molar-refractivity contribution in [3.63, 3.8) is 0 Å². The van der Waals surface area contributed by atoms with Crippen molar-refractivity contribution in [2.45, 2.75) is 11.3 Å². The zero-order valence-electron chi connectivity index (χ0n) is 27.8. The first-order chi connectivity index (χ1) is 24.8. The van der Waals surface area contributed by atoms with Gasteiger partial charge in [0.1, 0.15) is 0 Å². The Morgan fingerprint density at radius 1 is 0.280 bits per heavy atom. The van der Waals surface area contributed by atoms with Gasteiger partial charge in [-0.15, -0.1) is 0 Å². The van der Waals surface area contributed by atoms with Gasteiger partial charge in [0.25, 0.3) is 0 Å². The summed E-state index contributed by atoms with van der Waals surface area (Å²) in [5.41, 5.74) is 16.0. The van der Waals surface area contributed by atoms with Gasteiger partial charge in [-0.05, 0) is 84.5 Å². The quantitative estimate of drug-likeness (QED) is 0.153. The van der Waals surface area contributed by atoms with Gasteiger partial charge in [0.15, 0.2) is 0 Å². The second kappa shape index (κ2) is 12.7. The molecule has 8 aromatic carbocycles.